The maximum absolute atomic E-state index is 6.10. The van der Waals surface area contributed by atoms with Gasteiger partial charge in [0.15, 0.2) is 11.7 Å². The quantitative estimate of drug-likeness (QED) is 0.390. The lowest BCUT2D eigenvalue weighted by Gasteiger charge is -2.17. The van der Waals surface area contributed by atoms with Gasteiger partial charge >= 0.3 is 0 Å². The molecule has 0 amide bonds. The van der Waals surface area contributed by atoms with E-state index in [1.54, 1.807) is 18.0 Å². The SMILES string of the molecule is C=C(S/C(=C\C)CNc1ncc(Br)c(N=C2C#CC(C3CC3)NN2)n1)c1cccc(Cl)c1. The van der Waals surface area contributed by atoms with Crippen molar-refractivity contribution in [1.82, 2.24) is 20.8 Å². The predicted molar refractivity (Wildman–Crippen MR) is 138 cm³/mol. The molecule has 1 fully saturated rings. The number of anilines is 1. The molecule has 1 aliphatic carbocycles. The van der Waals surface area contributed by atoms with Gasteiger partial charge in [0.1, 0.15) is 0 Å². The molecule has 0 spiro atoms. The van der Waals surface area contributed by atoms with Gasteiger partial charge in [-0.05, 0) is 65.2 Å². The zero-order valence-corrected chi connectivity index (χ0v) is 20.6. The van der Waals surface area contributed by atoms with Gasteiger partial charge in [0, 0.05) is 27.6 Å². The summed E-state index contributed by atoms with van der Waals surface area (Å²) >= 11 is 11.1. The Morgan fingerprint density at radius 1 is 1.47 bits per heavy atom. The number of hydrazine groups is 1. The molecule has 9 heteroatoms. The van der Waals surface area contributed by atoms with E-state index in [9.17, 15) is 0 Å². The third-order valence-corrected chi connectivity index (χ3v) is 6.79. The van der Waals surface area contributed by atoms with Gasteiger partial charge in [-0.3, -0.25) is 5.43 Å². The summed E-state index contributed by atoms with van der Waals surface area (Å²) in [7, 11) is 0. The van der Waals surface area contributed by atoms with Crippen LogP contribution in [0.2, 0.25) is 5.02 Å². The molecule has 0 saturated heterocycles. The highest BCUT2D eigenvalue weighted by Gasteiger charge is 2.31. The van der Waals surface area contributed by atoms with E-state index in [-0.39, 0.29) is 6.04 Å². The van der Waals surface area contributed by atoms with Crippen LogP contribution >= 0.6 is 39.3 Å². The van der Waals surface area contributed by atoms with E-state index in [4.69, 9.17) is 11.6 Å². The Balaban J connectivity index is 1.39. The van der Waals surface area contributed by atoms with Crippen LogP contribution < -0.4 is 16.2 Å². The molecule has 1 saturated carbocycles. The standard InChI is InChI=1S/C23H22BrClN6S/c1-3-18(32-14(2)16-5-4-6-17(25)11-16)12-26-23-27-13-19(24)22(29-23)28-21-10-9-20(30-31-21)15-7-8-15/h3-6,11,13,15,20,30H,2,7-8,12H2,1H3,(H2,26,27,28,29,31)/b18-3-. The minimum absolute atomic E-state index is 0.193. The fourth-order valence-electron chi connectivity index (χ4n) is 2.95. The second kappa shape index (κ2) is 10.5. The van der Waals surface area contributed by atoms with E-state index in [0.29, 0.717) is 39.6 Å². The third-order valence-electron chi connectivity index (χ3n) is 4.87. The number of benzene rings is 1. The molecular weight excluding hydrogens is 508 g/mol. The summed E-state index contributed by atoms with van der Waals surface area (Å²) in [6.45, 7) is 6.72. The number of hydrogen-bond acceptors (Lipinski definition) is 6. The average Bonchev–Trinajstić information content (AvgIpc) is 3.64. The van der Waals surface area contributed by atoms with Crippen LogP contribution in [0.4, 0.5) is 11.8 Å². The number of amidine groups is 1. The topological polar surface area (TPSA) is 74.2 Å². The Morgan fingerprint density at radius 2 is 2.31 bits per heavy atom. The number of aromatic nitrogens is 2. The average molecular weight is 530 g/mol. The molecule has 1 aromatic heterocycles. The van der Waals surface area contributed by atoms with Gasteiger partial charge in [-0.1, -0.05) is 54.1 Å². The van der Waals surface area contributed by atoms with E-state index in [0.717, 1.165) is 15.4 Å². The van der Waals surface area contributed by atoms with Crippen molar-refractivity contribution >= 4 is 61.8 Å². The molecule has 3 N–H and O–H groups in total. The molecule has 0 bridgehead atoms. The summed E-state index contributed by atoms with van der Waals surface area (Å²) in [5.74, 6) is 8.46. The monoisotopic (exact) mass is 528 g/mol. The van der Waals surface area contributed by atoms with Crippen molar-refractivity contribution in [3.05, 3.63) is 63.1 Å². The summed E-state index contributed by atoms with van der Waals surface area (Å²) in [4.78, 5) is 15.4. The number of rotatable bonds is 8. The molecule has 2 aliphatic rings. The van der Waals surface area contributed by atoms with Crippen LogP contribution in [0.5, 0.6) is 0 Å². The van der Waals surface area contributed by atoms with Crippen molar-refractivity contribution in [2.45, 2.75) is 25.8 Å². The van der Waals surface area contributed by atoms with Crippen LogP contribution in [-0.4, -0.2) is 28.4 Å². The molecule has 0 radical (unpaired) electrons. The molecule has 6 nitrogen and oxygen atoms in total. The number of aliphatic imine (C=N–C) groups is 1. The molecule has 2 aromatic rings. The summed E-state index contributed by atoms with van der Waals surface area (Å²) in [6, 6.07) is 7.87. The number of halogens is 2. The second-order valence-corrected chi connectivity index (χ2v) is 9.84. The predicted octanol–water partition coefficient (Wildman–Crippen LogP) is 5.53. The van der Waals surface area contributed by atoms with E-state index < -0.39 is 0 Å². The van der Waals surface area contributed by atoms with Crippen LogP contribution in [-0.2, 0) is 0 Å². The lowest BCUT2D eigenvalue weighted by molar-refractivity contribution is 0.524. The fourth-order valence-corrected chi connectivity index (χ4v) is 4.24. The van der Waals surface area contributed by atoms with Gasteiger partial charge < -0.3 is 5.32 Å². The largest absolute Gasteiger partial charge is 0.350 e. The van der Waals surface area contributed by atoms with Gasteiger partial charge in [-0.25, -0.2) is 15.4 Å². The highest BCUT2D eigenvalue weighted by Crippen LogP contribution is 2.34. The van der Waals surface area contributed by atoms with E-state index in [1.165, 1.54) is 12.8 Å². The molecule has 1 atom stereocenters. The van der Waals surface area contributed by atoms with Crippen molar-refractivity contribution in [2.24, 2.45) is 10.9 Å². The summed E-state index contributed by atoms with van der Waals surface area (Å²) in [6.07, 6.45) is 6.17. The van der Waals surface area contributed by atoms with Gasteiger partial charge in [0.05, 0.1) is 10.5 Å². The van der Waals surface area contributed by atoms with E-state index in [1.807, 2.05) is 37.3 Å². The Kier molecular flexibility index (Phi) is 7.53. The molecule has 164 valence electrons. The van der Waals surface area contributed by atoms with Gasteiger partial charge in [0.2, 0.25) is 5.95 Å². The van der Waals surface area contributed by atoms with Gasteiger partial charge in [-0.2, -0.15) is 4.98 Å². The van der Waals surface area contributed by atoms with Crippen molar-refractivity contribution in [1.29, 1.82) is 0 Å². The van der Waals surface area contributed by atoms with Crippen LogP contribution in [0, 0.1) is 17.8 Å². The molecule has 1 unspecified atom stereocenters. The number of thioether (sulfide) groups is 1. The Hall–Kier alpha value is -2.31. The minimum atomic E-state index is 0.193. The summed E-state index contributed by atoms with van der Waals surface area (Å²) in [5.41, 5.74) is 7.29. The minimum Gasteiger partial charge on any atom is -0.350 e. The highest BCUT2D eigenvalue weighted by atomic mass is 79.9. The van der Waals surface area contributed by atoms with Crippen LogP contribution in [0.3, 0.4) is 0 Å². The zero-order valence-electron chi connectivity index (χ0n) is 17.5. The van der Waals surface area contributed by atoms with Gasteiger partial charge in [-0.15, -0.1) is 0 Å². The molecule has 1 aromatic carbocycles. The number of nitrogens with zero attached hydrogens (tertiary/aromatic N) is 3. The number of nitrogens with one attached hydrogen (secondary N) is 3. The lowest BCUT2D eigenvalue weighted by Crippen LogP contribution is -2.47. The number of hydrogen-bond donors (Lipinski definition) is 3. The first-order chi connectivity index (χ1) is 15.5. The Morgan fingerprint density at radius 3 is 3.00 bits per heavy atom. The lowest BCUT2D eigenvalue weighted by atomic mass is 10.2. The van der Waals surface area contributed by atoms with Gasteiger partial charge in [0.25, 0.3) is 0 Å². The third kappa shape index (κ3) is 6.14. The Labute approximate surface area is 205 Å². The first-order valence-corrected chi connectivity index (χ1v) is 12.2. The molecule has 4 rings (SSSR count). The molecule has 2 heterocycles. The van der Waals surface area contributed by atoms with Crippen LogP contribution in [0.25, 0.3) is 4.91 Å². The van der Waals surface area contributed by atoms with Crippen molar-refractivity contribution in [3.63, 3.8) is 0 Å². The van der Waals surface area contributed by atoms with Crippen molar-refractivity contribution < 1.29 is 0 Å². The highest BCUT2D eigenvalue weighted by molar-refractivity contribution is 9.10. The Bertz CT molecular complexity index is 1150. The van der Waals surface area contributed by atoms with E-state index >= 15 is 0 Å². The molecular formula is C23H22BrClN6S. The van der Waals surface area contributed by atoms with Crippen LogP contribution in [0.1, 0.15) is 25.3 Å². The van der Waals surface area contributed by atoms with Crippen molar-refractivity contribution in [3.8, 4) is 11.8 Å². The smallest absolute Gasteiger partial charge is 0.225 e. The molecule has 1 aliphatic heterocycles. The maximum Gasteiger partial charge on any atom is 0.225 e. The summed E-state index contributed by atoms with van der Waals surface area (Å²) in [5, 5.41) is 3.95. The second-order valence-electron chi connectivity index (χ2n) is 7.32. The summed E-state index contributed by atoms with van der Waals surface area (Å²) < 4.78 is 0.693. The number of allylic oxidation sites excluding steroid dienone is 1. The van der Waals surface area contributed by atoms with Crippen molar-refractivity contribution in [2.75, 3.05) is 11.9 Å². The first-order valence-electron chi connectivity index (χ1n) is 10.2. The van der Waals surface area contributed by atoms with Crippen LogP contribution in [0.15, 0.2) is 57.5 Å². The zero-order chi connectivity index (χ0) is 22.5. The molecule has 32 heavy (non-hydrogen) atoms. The maximum atomic E-state index is 6.10. The van der Waals surface area contributed by atoms with E-state index in [2.05, 4.69) is 65.5 Å². The fraction of sp³-hybridized carbons (Fsp3) is 0.261. The normalized spacial score (nSPS) is 19.2. The first kappa shape index (κ1) is 22.9.